The van der Waals surface area contributed by atoms with E-state index < -0.39 is 0 Å². The van der Waals surface area contributed by atoms with Crippen molar-refractivity contribution in [1.82, 2.24) is 4.57 Å². The monoisotopic (exact) mass is 379 g/mol. The molecule has 0 saturated carbocycles. The Bertz CT molecular complexity index is 1020. The minimum absolute atomic E-state index is 0.115. The van der Waals surface area contributed by atoms with Crippen LogP contribution in [-0.4, -0.2) is 29.9 Å². The molecule has 1 aliphatic heterocycles. The van der Waals surface area contributed by atoms with Crippen LogP contribution in [0.25, 0.3) is 22.2 Å². The molecule has 1 aliphatic rings. The molecule has 4 rings (SSSR count). The predicted molar refractivity (Wildman–Crippen MR) is 112 cm³/mol. The van der Waals surface area contributed by atoms with Gasteiger partial charge < -0.3 is 19.8 Å². The van der Waals surface area contributed by atoms with Gasteiger partial charge in [0.2, 0.25) is 0 Å². The average Bonchev–Trinajstić information content (AvgIpc) is 3.22. The van der Waals surface area contributed by atoms with E-state index in [1.807, 2.05) is 56.3 Å². The van der Waals surface area contributed by atoms with E-state index in [2.05, 4.69) is 11.5 Å². The molecule has 146 valence electrons. The van der Waals surface area contributed by atoms with Crippen LogP contribution < -0.4 is 15.4 Å². The topological polar surface area (TPSA) is 69.7 Å². The van der Waals surface area contributed by atoms with E-state index in [9.17, 15) is 4.79 Å². The highest BCUT2D eigenvalue weighted by atomic mass is 16.6. The summed E-state index contributed by atoms with van der Waals surface area (Å²) in [6.07, 6.45) is -0.184. The maximum atomic E-state index is 11.8. The molecule has 0 bridgehead atoms. The Hall–Kier alpha value is -3.15. The Labute approximate surface area is 164 Å². The zero-order valence-electron chi connectivity index (χ0n) is 16.4. The lowest BCUT2D eigenvalue weighted by molar-refractivity contribution is 0.181. The summed E-state index contributed by atoms with van der Waals surface area (Å²) in [5.41, 5.74) is 11.2. The van der Waals surface area contributed by atoms with Gasteiger partial charge in [-0.3, -0.25) is 4.90 Å². The third kappa shape index (κ3) is 3.05. The van der Waals surface area contributed by atoms with E-state index in [0.717, 1.165) is 45.8 Å². The molecule has 0 radical (unpaired) electrons. The van der Waals surface area contributed by atoms with Gasteiger partial charge >= 0.3 is 6.09 Å². The largest absolute Gasteiger partial charge is 0.491 e. The van der Waals surface area contributed by atoms with Crippen molar-refractivity contribution in [3.63, 3.8) is 0 Å². The number of aryl methyl sites for hydroxylation is 1. The highest BCUT2D eigenvalue weighted by molar-refractivity contribution is 6.01. The molecule has 2 heterocycles. The minimum atomic E-state index is -0.299. The van der Waals surface area contributed by atoms with Crippen molar-refractivity contribution in [2.24, 2.45) is 0 Å². The zero-order chi connectivity index (χ0) is 19.8. The average molecular weight is 379 g/mol. The van der Waals surface area contributed by atoms with Crippen LogP contribution in [-0.2, 0) is 11.3 Å². The van der Waals surface area contributed by atoms with Gasteiger partial charge in [0.05, 0.1) is 29.5 Å². The van der Waals surface area contributed by atoms with Crippen LogP contribution in [0, 0.1) is 0 Å². The standard InChI is InChI=1S/C22H25N3O3/c1-4-24-19-13-17(28-14(2)3)9-10-18(19)20(23)21(24)15-5-7-16(8-6-15)25-11-12-27-22(25)26/h5-10,13-14H,4,11-12,23H2,1-3H3. The van der Waals surface area contributed by atoms with Gasteiger partial charge in [-0.15, -0.1) is 0 Å². The summed E-state index contributed by atoms with van der Waals surface area (Å²) < 4.78 is 13.1. The molecule has 1 amide bonds. The summed E-state index contributed by atoms with van der Waals surface area (Å²) in [5, 5.41) is 1.01. The second-order valence-corrected chi connectivity index (χ2v) is 7.16. The molecular weight excluding hydrogens is 354 g/mol. The van der Waals surface area contributed by atoms with Crippen LogP contribution >= 0.6 is 0 Å². The first-order chi connectivity index (χ1) is 13.5. The molecule has 2 aromatic carbocycles. The number of benzene rings is 2. The third-order valence-corrected chi connectivity index (χ3v) is 4.98. The number of amides is 1. The second kappa shape index (κ2) is 7.11. The molecule has 1 aromatic heterocycles. The molecule has 6 nitrogen and oxygen atoms in total. The van der Waals surface area contributed by atoms with Crippen LogP contribution in [0.1, 0.15) is 20.8 Å². The lowest BCUT2D eigenvalue weighted by Gasteiger charge is -2.14. The molecule has 28 heavy (non-hydrogen) atoms. The predicted octanol–water partition coefficient (Wildman–Crippen LogP) is 4.65. The van der Waals surface area contributed by atoms with E-state index in [4.69, 9.17) is 15.2 Å². The van der Waals surface area contributed by atoms with Crippen molar-refractivity contribution in [3.8, 4) is 17.0 Å². The van der Waals surface area contributed by atoms with Gasteiger partial charge in [0.25, 0.3) is 0 Å². The van der Waals surface area contributed by atoms with Crippen LogP contribution in [0.2, 0.25) is 0 Å². The number of carbonyl (C=O) groups excluding carboxylic acids is 1. The Morgan fingerprint density at radius 2 is 1.93 bits per heavy atom. The number of rotatable bonds is 5. The second-order valence-electron chi connectivity index (χ2n) is 7.16. The van der Waals surface area contributed by atoms with E-state index in [-0.39, 0.29) is 12.2 Å². The molecule has 0 spiro atoms. The number of nitrogen functional groups attached to an aromatic ring is 1. The van der Waals surface area contributed by atoms with Crippen molar-refractivity contribution in [2.45, 2.75) is 33.4 Å². The van der Waals surface area contributed by atoms with Crippen molar-refractivity contribution in [2.75, 3.05) is 23.8 Å². The van der Waals surface area contributed by atoms with E-state index in [1.165, 1.54) is 0 Å². The number of nitrogens with two attached hydrogens (primary N) is 1. The fraction of sp³-hybridized carbons (Fsp3) is 0.318. The molecule has 0 unspecified atom stereocenters. The van der Waals surface area contributed by atoms with Crippen LogP contribution in [0.15, 0.2) is 42.5 Å². The first-order valence-electron chi connectivity index (χ1n) is 9.62. The number of nitrogens with zero attached hydrogens (tertiary/aromatic N) is 2. The van der Waals surface area contributed by atoms with E-state index in [1.54, 1.807) is 4.90 Å². The number of hydrogen-bond donors (Lipinski definition) is 1. The number of hydrogen-bond acceptors (Lipinski definition) is 4. The first kappa shape index (κ1) is 18.2. The molecule has 0 aliphatic carbocycles. The van der Waals surface area contributed by atoms with Gasteiger partial charge in [-0.2, -0.15) is 0 Å². The quantitative estimate of drug-likeness (QED) is 0.700. The minimum Gasteiger partial charge on any atom is -0.491 e. The third-order valence-electron chi connectivity index (χ3n) is 4.98. The van der Waals surface area contributed by atoms with Crippen LogP contribution in [0.5, 0.6) is 5.75 Å². The molecule has 6 heteroatoms. The van der Waals surface area contributed by atoms with Crippen LogP contribution in [0.4, 0.5) is 16.2 Å². The normalized spacial score (nSPS) is 14.1. The lowest BCUT2D eigenvalue weighted by Crippen LogP contribution is -2.23. The molecular formula is C22H25N3O3. The smallest absolute Gasteiger partial charge is 0.414 e. The lowest BCUT2D eigenvalue weighted by atomic mass is 10.1. The Morgan fingerprint density at radius 3 is 2.54 bits per heavy atom. The van der Waals surface area contributed by atoms with Gasteiger partial charge in [-0.1, -0.05) is 12.1 Å². The van der Waals surface area contributed by atoms with Crippen molar-refractivity contribution in [3.05, 3.63) is 42.5 Å². The molecule has 1 fully saturated rings. The number of cyclic esters (lactones) is 1. The summed E-state index contributed by atoms with van der Waals surface area (Å²) >= 11 is 0. The van der Waals surface area contributed by atoms with Crippen molar-refractivity contribution < 1.29 is 14.3 Å². The number of fused-ring (bicyclic) bond motifs is 1. The Kier molecular flexibility index (Phi) is 4.63. The molecule has 2 N–H and O–H groups in total. The summed E-state index contributed by atoms with van der Waals surface area (Å²) in [6.45, 7) is 7.93. The Balaban J connectivity index is 1.77. The van der Waals surface area contributed by atoms with Gasteiger partial charge in [0.15, 0.2) is 0 Å². The summed E-state index contributed by atoms with van der Waals surface area (Å²) in [6, 6.07) is 13.9. The number of anilines is 2. The molecule has 1 saturated heterocycles. The first-order valence-corrected chi connectivity index (χ1v) is 9.62. The summed E-state index contributed by atoms with van der Waals surface area (Å²) in [4.78, 5) is 13.4. The highest BCUT2D eigenvalue weighted by Gasteiger charge is 2.24. The number of ether oxygens (including phenoxy) is 2. The molecule has 0 atom stereocenters. The molecule has 3 aromatic rings. The van der Waals surface area contributed by atoms with Crippen LogP contribution in [0.3, 0.4) is 0 Å². The van der Waals surface area contributed by atoms with Gasteiger partial charge in [-0.25, -0.2) is 4.79 Å². The maximum absolute atomic E-state index is 11.8. The van der Waals surface area contributed by atoms with Gasteiger partial charge in [0, 0.05) is 29.2 Å². The SMILES string of the molecule is CCn1c(-c2ccc(N3CCOC3=O)cc2)c(N)c2ccc(OC(C)C)cc21. The number of carbonyl (C=O) groups is 1. The van der Waals surface area contributed by atoms with Gasteiger partial charge in [0.1, 0.15) is 12.4 Å². The highest BCUT2D eigenvalue weighted by Crippen LogP contribution is 2.38. The van der Waals surface area contributed by atoms with E-state index in [0.29, 0.717) is 13.2 Å². The Morgan fingerprint density at radius 1 is 1.18 bits per heavy atom. The summed E-state index contributed by atoms with van der Waals surface area (Å²) in [7, 11) is 0. The number of aromatic nitrogens is 1. The van der Waals surface area contributed by atoms with Crippen molar-refractivity contribution in [1.29, 1.82) is 0 Å². The van der Waals surface area contributed by atoms with Gasteiger partial charge in [-0.05, 0) is 45.0 Å². The van der Waals surface area contributed by atoms with E-state index >= 15 is 0 Å². The van der Waals surface area contributed by atoms with Crippen molar-refractivity contribution >= 4 is 28.4 Å². The fourth-order valence-corrected chi connectivity index (χ4v) is 3.77. The zero-order valence-corrected chi connectivity index (χ0v) is 16.4. The summed E-state index contributed by atoms with van der Waals surface area (Å²) in [5.74, 6) is 0.837. The maximum Gasteiger partial charge on any atom is 0.414 e. The fourth-order valence-electron chi connectivity index (χ4n) is 3.77.